The molecule has 0 saturated carbocycles. The first-order chi connectivity index (χ1) is 4.34. The Morgan fingerprint density at radius 3 is 2.60 bits per heavy atom. The Morgan fingerprint density at radius 2 is 2.20 bits per heavy atom. The quantitative estimate of drug-likeness (QED) is 0.628. The lowest BCUT2D eigenvalue weighted by Crippen LogP contribution is -2.40. The van der Waals surface area contributed by atoms with E-state index in [-0.39, 0.29) is 12.4 Å². The van der Waals surface area contributed by atoms with Gasteiger partial charge >= 0.3 is 0 Å². The third-order valence-corrected chi connectivity index (χ3v) is 2.06. The van der Waals surface area contributed by atoms with Crippen LogP contribution in [0.25, 0.3) is 0 Å². The second kappa shape index (κ2) is 4.94. The van der Waals surface area contributed by atoms with Gasteiger partial charge in [0.2, 0.25) is 0 Å². The van der Waals surface area contributed by atoms with Gasteiger partial charge in [0.1, 0.15) is 0 Å². The topological polar surface area (TPSA) is 21.3 Å². The third kappa shape index (κ3) is 2.45. The lowest BCUT2D eigenvalue weighted by Gasteiger charge is -2.27. The van der Waals surface area contributed by atoms with Crippen molar-refractivity contribution < 1.29 is 4.74 Å². The molecule has 0 radical (unpaired) electrons. The van der Waals surface area contributed by atoms with Crippen LogP contribution in [-0.2, 0) is 4.74 Å². The van der Waals surface area contributed by atoms with Crippen LogP contribution in [0.1, 0.15) is 13.3 Å². The van der Waals surface area contributed by atoms with Gasteiger partial charge in [-0.1, -0.05) is 6.92 Å². The van der Waals surface area contributed by atoms with Crippen molar-refractivity contribution >= 4 is 12.4 Å². The summed E-state index contributed by atoms with van der Waals surface area (Å²) in [6.07, 6.45) is 1.69. The van der Waals surface area contributed by atoms with E-state index in [1.807, 2.05) is 0 Å². The fourth-order valence-electron chi connectivity index (χ4n) is 1.28. The maximum Gasteiger partial charge on any atom is 0.0721 e. The summed E-state index contributed by atoms with van der Waals surface area (Å²) in [5.74, 6) is 0.733. The molecule has 3 heteroatoms. The molecule has 1 fully saturated rings. The first-order valence-corrected chi connectivity index (χ1v) is 3.58. The van der Waals surface area contributed by atoms with Gasteiger partial charge in [0.05, 0.1) is 6.10 Å². The van der Waals surface area contributed by atoms with Gasteiger partial charge in [-0.3, -0.25) is 0 Å². The Bertz CT molecular complexity index is 89.7. The minimum atomic E-state index is 0. The van der Waals surface area contributed by atoms with Gasteiger partial charge in [0.25, 0.3) is 0 Å². The van der Waals surface area contributed by atoms with Crippen molar-refractivity contribution in [3.05, 3.63) is 0 Å². The van der Waals surface area contributed by atoms with Crippen LogP contribution in [0.5, 0.6) is 0 Å². The van der Waals surface area contributed by atoms with Crippen LogP contribution in [0.4, 0.5) is 0 Å². The summed E-state index contributed by atoms with van der Waals surface area (Å²) >= 11 is 0. The van der Waals surface area contributed by atoms with E-state index in [1.165, 1.54) is 6.42 Å². The van der Waals surface area contributed by atoms with Crippen molar-refractivity contribution in [1.82, 2.24) is 5.32 Å². The average Bonchev–Trinajstić information content (AvgIpc) is 1.89. The molecule has 0 unspecified atom stereocenters. The highest BCUT2D eigenvalue weighted by molar-refractivity contribution is 5.85. The maximum absolute atomic E-state index is 5.24. The molecule has 0 aromatic carbocycles. The van der Waals surface area contributed by atoms with E-state index in [0.29, 0.717) is 6.10 Å². The number of piperidine rings is 1. The maximum atomic E-state index is 5.24. The van der Waals surface area contributed by atoms with Crippen molar-refractivity contribution in [2.45, 2.75) is 19.4 Å². The number of halogens is 1. The Hall–Kier alpha value is 0.210. The van der Waals surface area contributed by atoms with Crippen LogP contribution < -0.4 is 5.32 Å². The average molecular weight is 166 g/mol. The predicted molar refractivity (Wildman–Crippen MR) is 44.7 cm³/mol. The molecule has 0 spiro atoms. The fraction of sp³-hybridized carbons (Fsp3) is 1.00. The van der Waals surface area contributed by atoms with Crippen LogP contribution in [-0.4, -0.2) is 26.3 Å². The summed E-state index contributed by atoms with van der Waals surface area (Å²) in [7, 11) is 1.79. The zero-order chi connectivity index (χ0) is 6.69. The molecule has 1 rings (SSSR count). The molecule has 10 heavy (non-hydrogen) atoms. The van der Waals surface area contributed by atoms with Gasteiger partial charge in [0, 0.05) is 13.7 Å². The lowest BCUT2D eigenvalue weighted by molar-refractivity contribution is 0.0413. The van der Waals surface area contributed by atoms with Crippen molar-refractivity contribution in [3.8, 4) is 0 Å². The summed E-state index contributed by atoms with van der Waals surface area (Å²) in [6, 6.07) is 0. The normalized spacial score (nSPS) is 33.0. The molecule has 1 aliphatic heterocycles. The number of hydrogen-bond donors (Lipinski definition) is 1. The number of nitrogens with one attached hydrogen (secondary N) is 1. The van der Waals surface area contributed by atoms with E-state index in [4.69, 9.17) is 4.74 Å². The fourth-order valence-corrected chi connectivity index (χ4v) is 1.28. The van der Waals surface area contributed by atoms with Crippen molar-refractivity contribution in [2.75, 3.05) is 20.2 Å². The van der Waals surface area contributed by atoms with Gasteiger partial charge in [-0.2, -0.15) is 0 Å². The summed E-state index contributed by atoms with van der Waals surface area (Å²) in [6.45, 7) is 4.42. The molecule has 0 aromatic rings. The van der Waals surface area contributed by atoms with Crippen molar-refractivity contribution in [2.24, 2.45) is 5.92 Å². The molecule has 0 bridgehead atoms. The molecule has 1 saturated heterocycles. The molecule has 2 atom stereocenters. The first kappa shape index (κ1) is 10.2. The molecule has 0 amide bonds. The summed E-state index contributed by atoms with van der Waals surface area (Å²) in [4.78, 5) is 0. The Balaban J connectivity index is 0.000000810. The monoisotopic (exact) mass is 165 g/mol. The lowest BCUT2D eigenvalue weighted by atomic mass is 9.97. The van der Waals surface area contributed by atoms with Gasteiger partial charge in [-0.05, 0) is 18.9 Å². The van der Waals surface area contributed by atoms with Crippen LogP contribution in [0.2, 0.25) is 0 Å². The highest BCUT2D eigenvalue weighted by Crippen LogP contribution is 2.12. The standard InChI is InChI=1S/C7H15NO.ClH/c1-6-3-4-8-5-7(6)9-2;/h6-8H,3-5H2,1-2H3;1H/t6-,7+;/m1./s1. The molecule has 0 aliphatic carbocycles. The van der Waals surface area contributed by atoms with Crippen LogP contribution >= 0.6 is 12.4 Å². The van der Waals surface area contributed by atoms with Gasteiger partial charge in [0.15, 0.2) is 0 Å². The van der Waals surface area contributed by atoms with E-state index in [1.54, 1.807) is 7.11 Å². The SMILES string of the molecule is CO[C@H]1CNCC[C@H]1C.Cl. The summed E-state index contributed by atoms with van der Waals surface area (Å²) in [5, 5.41) is 3.29. The number of hydrogen-bond acceptors (Lipinski definition) is 2. The number of methoxy groups -OCH3 is 1. The third-order valence-electron chi connectivity index (χ3n) is 2.06. The second-order valence-corrected chi connectivity index (χ2v) is 2.74. The molecule has 1 aliphatic rings. The van der Waals surface area contributed by atoms with E-state index in [2.05, 4.69) is 12.2 Å². The van der Waals surface area contributed by atoms with Gasteiger partial charge in [-0.25, -0.2) is 0 Å². The van der Waals surface area contributed by atoms with E-state index in [9.17, 15) is 0 Å². The molecule has 2 nitrogen and oxygen atoms in total. The first-order valence-electron chi connectivity index (χ1n) is 3.58. The van der Waals surface area contributed by atoms with Crippen LogP contribution in [0.15, 0.2) is 0 Å². The second-order valence-electron chi connectivity index (χ2n) is 2.74. The predicted octanol–water partition coefficient (Wildman–Crippen LogP) is 1.05. The van der Waals surface area contributed by atoms with E-state index in [0.717, 1.165) is 19.0 Å². The smallest absolute Gasteiger partial charge is 0.0721 e. The molecular formula is C7H16ClNO. The van der Waals surface area contributed by atoms with Gasteiger partial charge < -0.3 is 10.1 Å². The summed E-state index contributed by atoms with van der Waals surface area (Å²) in [5.41, 5.74) is 0. The van der Waals surface area contributed by atoms with Crippen LogP contribution in [0, 0.1) is 5.92 Å². The zero-order valence-electron chi connectivity index (χ0n) is 6.59. The minimum Gasteiger partial charge on any atom is -0.380 e. The Kier molecular flexibility index (Phi) is 5.04. The van der Waals surface area contributed by atoms with Crippen LogP contribution in [0.3, 0.4) is 0 Å². The highest BCUT2D eigenvalue weighted by atomic mass is 35.5. The van der Waals surface area contributed by atoms with Gasteiger partial charge in [-0.15, -0.1) is 12.4 Å². The van der Waals surface area contributed by atoms with Crippen molar-refractivity contribution in [3.63, 3.8) is 0 Å². The Morgan fingerprint density at radius 1 is 1.50 bits per heavy atom. The Labute approximate surface area is 68.7 Å². The zero-order valence-corrected chi connectivity index (χ0v) is 7.41. The molecule has 1 N–H and O–H groups in total. The highest BCUT2D eigenvalue weighted by Gasteiger charge is 2.19. The molecule has 0 aromatic heterocycles. The van der Waals surface area contributed by atoms with Crippen molar-refractivity contribution in [1.29, 1.82) is 0 Å². The largest absolute Gasteiger partial charge is 0.380 e. The summed E-state index contributed by atoms with van der Waals surface area (Å²) < 4.78 is 5.24. The molecule has 1 heterocycles. The number of ether oxygens (including phenoxy) is 1. The van der Waals surface area contributed by atoms with E-state index >= 15 is 0 Å². The van der Waals surface area contributed by atoms with E-state index < -0.39 is 0 Å². The number of rotatable bonds is 1. The minimum absolute atomic E-state index is 0. The molecular weight excluding hydrogens is 150 g/mol. The molecule has 62 valence electrons.